The van der Waals surface area contributed by atoms with Crippen molar-refractivity contribution < 1.29 is 13.2 Å². The first-order valence-electron chi connectivity index (χ1n) is 8.36. The summed E-state index contributed by atoms with van der Waals surface area (Å²) in [5.41, 5.74) is 0.656. The molecule has 1 aromatic heterocycles. The number of fused-ring (bicyclic) bond motifs is 1. The van der Waals surface area contributed by atoms with Gasteiger partial charge in [0.2, 0.25) is 0 Å². The van der Waals surface area contributed by atoms with Gasteiger partial charge in [0.1, 0.15) is 11.0 Å². The molecule has 144 valence electrons. The van der Waals surface area contributed by atoms with Crippen molar-refractivity contribution in [3.8, 4) is 0 Å². The van der Waals surface area contributed by atoms with Gasteiger partial charge in [0, 0.05) is 19.0 Å². The summed E-state index contributed by atoms with van der Waals surface area (Å²) in [4.78, 5) is 12.7. The van der Waals surface area contributed by atoms with Crippen molar-refractivity contribution in [2.24, 2.45) is 9.98 Å². The summed E-state index contributed by atoms with van der Waals surface area (Å²) in [5.74, 6) is 0.534. The van der Waals surface area contributed by atoms with Crippen LogP contribution in [0.4, 0.5) is 13.2 Å². The Morgan fingerprint density at radius 3 is 2.56 bits per heavy atom. The zero-order valence-corrected chi connectivity index (χ0v) is 16.0. The molecule has 0 bridgehead atoms. The van der Waals surface area contributed by atoms with Gasteiger partial charge in [-0.15, -0.1) is 0 Å². The Labute approximate surface area is 160 Å². The van der Waals surface area contributed by atoms with E-state index in [0.29, 0.717) is 35.6 Å². The van der Waals surface area contributed by atoms with Crippen molar-refractivity contribution >= 4 is 39.6 Å². The summed E-state index contributed by atoms with van der Waals surface area (Å²) in [6.07, 6.45) is -3.85. The summed E-state index contributed by atoms with van der Waals surface area (Å²) in [6, 6.07) is 5.39. The Morgan fingerprint density at radius 1 is 1.30 bits per heavy atom. The molecule has 0 aliphatic rings. The van der Waals surface area contributed by atoms with Crippen molar-refractivity contribution in [3.63, 3.8) is 0 Å². The number of aromatic nitrogens is 1. The average molecular weight is 397 g/mol. The summed E-state index contributed by atoms with van der Waals surface area (Å²) in [7, 11) is 1.62. The molecule has 0 saturated carbocycles. The van der Waals surface area contributed by atoms with Crippen LogP contribution in [0.1, 0.15) is 31.5 Å². The van der Waals surface area contributed by atoms with Crippen molar-refractivity contribution in [1.82, 2.24) is 10.3 Å². The molecule has 0 fully saturated rings. The van der Waals surface area contributed by atoms with E-state index in [2.05, 4.69) is 26.9 Å². The van der Waals surface area contributed by atoms with E-state index in [-0.39, 0.29) is 10.5 Å². The van der Waals surface area contributed by atoms with Gasteiger partial charge < -0.3 is 5.32 Å². The highest BCUT2D eigenvalue weighted by atomic mass is 35.5. The molecule has 0 spiro atoms. The molecular weight excluding hydrogens is 377 g/mol. The van der Waals surface area contributed by atoms with E-state index < -0.39 is 11.7 Å². The van der Waals surface area contributed by atoms with Gasteiger partial charge in [-0.05, 0) is 30.9 Å². The van der Waals surface area contributed by atoms with E-state index in [1.807, 2.05) is 13.8 Å². The number of rotatable bonds is 5. The molecular formula is C19H20ClF3N4. The predicted octanol–water partition coefficient (Wildman–Crippen LogP) is 5.37. The standard InChI is InChI=1S/C19H20ClF3N4/c1-5-14(25-6-2)18(24-4)26-11(3)15-10-12-8-7-9-13(19(21,22)23)16(12)17(20)27-15/h7-10H,3,5-6H2,1-2,4H3,(H,24,26). The lowest BCUT2D eigenvalue weighted by molar-refractivity contribution is -0.136. The molecule has 1 aromatic carbocycles. The van der Waals surface area contributed by atoms with Crippen molar-refractivity contribution in [2.75, 3.05) is 13.6 Å². The maximum absolute atomic E-state index is 13.2. The summed E-state index contributed by atoms with van der Waals surface area (Å²) >= 11 is 6.09. The molecule has 1 heterocycles. The van der Waals surface area contributed by atoms with Gasteiger partial charge in [-0.1, -0.05) is 37.2 Å². The maximum Gasteiger partial charge on any atom is 0.417 e. The van der Waals surface area contributed by atoms with E-state index in [0.717, 1.165) is 11.8 Å². The lowest BCUT2D eigenvalue weighted by Gasteiger charge is -2.15. The first-order chi connectivity index (χ1) is 12.7. The summed E-state index contributed by atoms with van der Waals surface area (Å²) in [6.45, 7) is 8.40. The highest BCUT2D eigenvalue weighted by Crippen LogP contribution is 2.37. The van der Waals surface area contributed by atoms with Crippen molar-refractivity contribution in [2.45, 2.75) is 26.4 Å². The lowest BCUT2D eigenvalue weighted by atomic mass is 10.0. The highest BCUT2D eigenvalue weighted by molar-refractivity contribution is 6.42. The van der Waals surface area contributed by atoms with Crippen LogP contribution in [0.15, 0.2) is 40.8 Å². The first-order valence-corrected chi connectivity index (χ1v) is 8.73. The third kappa shape index (κ3) is 4.66. The minimum atomic E-state index is -4.52. The van der Waals surface area contributed by atoms with Crippen molar-refractivity contribution in [1.29, 1.82) is 0 Å². The van der Waals surface area contributed by atoms with Gasteiger partial charge >= 0.3 is 6.18 Å². The van der Waals surface area contributed by atoms with E-state index in [4.69, 9.17) is 11.6 Å². The molecule has 0 amide bonds. The van der Waals surface area contributed by atoms with Gasteiger partial charge in [0.05, 0.1) is 22.7 Å². The van der Waals surface area contributed by atoms with Crippen molar-refractivity contribution in [3.05, 3.63) is 47.3 Å². The first kappa shape index (κ1) is 20.9. The van der Waals surface area contributed by atoms with Crippen LogP contribution in [0.5, 0.6) is 0 Å². The van der Waals surface area contributed by atoms with E-state index in [1.165, 1.54) is 12.1 Å². The Hall–Kier alpha value is -2.41. The number of hydrogen-bond donors (Lipinski definition) is 1. The third-order valence-corrected chi connectivity index (χ3v) is 4.15. The largest absolute Gasteiger partial charge is 0.417 e. The topological polar surface area (TPSA) is 49.6 Å². The number of nitrogens with zero attached hydrogens (tertiary/aromatic N) is 3. The molecule has 0 saturated heterocycles. The number of alkyl halides is 3. The summed E-state index contributed by atoms with van der Waals surface area (Å²) < 4.78 is 39.7. The van der Waals surface area contributed by atoms with E-state index >= 15 is 0 Å². The van der Waals surface area contributed by atoms with Crippen LogP contribution in [0.25, 0.3) is 16.5 Å². The molecule has 2 rings (SSSR count). The van der Waals surface area contributed by atoms with Gasteiger partial charge in [0.25, 0.3) is 0 Å². The molecule has 0 radical (unpaired) electrons. The number of benzene rings is 1. The molecule has 1 N–H and O–H groups in total. The molecule has 2 aromatic rings. The van der Waals surface area contributed by atoms with Crippen LogP contribution in [0, 0.1) is 0 Å². The monoisotopic (exact) mass is 396 g/mol. The Balaban J connectivity index is 2.45. The fourth-order valence-electron chi connectivity index (χ4n) is 2.66. The second-order valence-electron chi connectivity index (χ2n) is 5.65. The number of halogens is 4. The fourth-order valence-corrected chi connectivity index (χ4v) is 2.96. The molecule has 0 atom stereocenters. The quantitative estimate of drug-likeness (QED) is 0.420. The van der Waals surface area contributed by atoms with Crippen LogP contribution in [-0.4, -0.2) is 30.1 Å². The maximum atomic E-state index is 13.2. The number of hydrogen-bond acceptors (Lipinski definition) is 3. The average Bonchev–Trinajstić information content (AvgIpc) is 2.62. The summed E-state index contributed by atoms with van der Waals surface area (Å²) in [5, 5.41) is 3.01. The van der Waals surface area contributed by atoms with Gasteiger partial charge in [-0.25, -0.2) is 4.98 Å². The fraction of sp³-hybridized carbons (Fsp3) is 0.316. The number of nitrogens with one attached hydrogen (secondary N) is 1. The van der Waals surface area contributed by atoms with Crippen LogP contribution in [-0.2, 0) is 6.18 Å². The minimum Gasteiger partial charge on any atom is -0.338 e. The van der Waals surface area contributed by atoms with Gasteiger partial charge in [-0.2, -0.15) is 13.2 Å². The third-order valence-electron chi connectivity index (χ3n) is 3.88. The molecule has 0 aliphatic heterocycles. The Kier molecular flexibility index (Phi) is 6.59. The lowest BCUT2D eigenvalue weighted by Crippen LogP contribution is -2.30. The Bertz CT molecular complexity index is 917. The van der Waals surface area contributed by atoms with Crippen LogP contribution in [0.3, 0.4) is 0 Å². The van der Waals surface area contributed by atoms with Crippen LogP contribution < -0.4 is 5.32 Å². The molecule has 8 heteroatoms. The zero-order valence-electron chi connectivity index (χ0n) is 15.3. The number of amidine groups is 1. The SMILES string of the molecule is C=C(NC(=NC)C(CC)=NCC)c1cc2cccc(C(F)(F)F)c2c(Cl)n1. The van der Waals surface area contributed by atoms with Crippen LogP contribution >= 0.6 is 11.6 Å². The Morgan fingerprint density at radius 2 is 2.00 bits per heavy atom. The van der Waals surface area contributed by atoms with Gasteiger partial charge in [-0.3, -0.25) is 9.98 Å². The van der Waals surface area contributed by atoms with Gasteiger partial charge in [0.15, 0.2) is 0 Å². The predicted molar refractivity (Wildman–Crippen MR) is 106 cm³/mol. The molecule has 4 nitrogen and oxygen atoms in total. The second kappa shape index (κ2) is 8.52. The highest BCUT2D eigenvalue weighted by Gasteiger charge is 2.33. The molecule has 0 unspecified atom stereocenters. The smallest absolute Gasteiger partial charge is 0.338 e. The van der Waals surface area contributed by atoms with E-state index in [9.17, 15) is 13.2 Å². The zero-order chi connectivity index (χ0) is 20.2. The number of pyridine rings is 1. The minimum absolute atomic E-state index is 0.130. The number of aliphatic imine (C=N–C) groups is 2. The molecule has 0 aliphatic carbocycles. The van der Waals surface area contributed by atoms with Crippen LogP contribution in [0.2, 0.25) is 5.15 Å². The van der Waals surface area contributed by atoms with E-state index in [1.54, 1.807) is 13.1 Å². The molecule has 27 heavy (non-hydrogen) atoms. The second-order valence-corrected chi connectivity index (χ2v) is 6.01. The normalized spacial score (nSPS) is 13.1.